The van der Waals surface area contributed by atoms with Crippen LogP contribution < -0.4 is 0 Å². The highest BCUT2D eigenvalue weighted by molar-refractivity contribution is 5.98. The summed E-state index contributed by atoms with van der Waals surface area (Å²) < 4.78 is 2.45. The lowest BCUT2D eigenvalue weighted by atomic mass is 10.0. The van der Waals surface area contributed by atoms with Crippen molar-refractivity contribution in [3.63, 3.8) is 0 Å². The number of hydrogen-bond donors (Lipinski definition) is 0. The zero-order valence-corrected chi connectivity index (χ0v) is 12.5. The van der Waals surface area contributed by atoms with Gasteiger partial charge in [0.1, 0.15) is 0 Å². The normalized spacial score (nSPS) is 11.2. The van der Waals surface area contributed by atoms with E-state index in [2.05, 4.69) is 73.9 Å². The molecule has 0 aliphatic rings. The van der Waals surface area contributed by atoms with Gasteiger partial charge in [-0.3, -0.25) is 0 Å². The van der Waals surface area contributed by atoms with Gasteiger partial charge in [0.05, 0.1) is 0 Å². The van der Waals surface area contributed by atoms with Crippen molar-refractivity contribution in [2.24, 2.45) is 0 Å². The summed E-state index contributed by atoms with van der Waals surface area (Å²) in [6.45, 7) is 7.69. The average molecular weight is 263 g/mol. The van der Waals surface area contributed by atoms with Crippen LogP contribution in [-0.2, 0) is 6.54 Å². The summed E-state index contributed by atoms with van der Waals surface area (Å²) in [5.41, 5.74) is 6.73. The third kappa shape index (κ3) is 2.03. The van der Waals surface area contributed by atoms with E-state index >= 15 is 0 Å². The van der Waals surface area contributed by atoms with Crippen LogP contribution in [0.1, 0.15) is 24.6 Å². The number of aryl methyl sites for hydroxylation is 2. The maximum Gasteiger partial charge on any atom is 0.0488 e. The summed E-state index contributed by atoms with van der Waals surface area (Å²) in [5.74, 6) is 0. The van der Waals surface area contributed by atoms with Crippen LogP contribution in [0.4, 0.5) is 0 Å². The van der Waals surface area contributed by atoms with Gasteiger partial charge in [-0.15, -0.1) is 0 Å². The van der Waals surface area contributed by atoms with Crippen LogP contribution in [0.25, 0.3) is 22.0 Å². The van der Waals surface area contributed by atoms with E-state index in [0.717, 1.165) is 13.0 Å². The highest BCUT2D eigenvalue weighted by atomic mass is 15.0. The molecule has 0 amide bonds. The van der Waals surface area contributed by atoms with Crippen molar-refractivity contribution < 1.29 is 0 Å². The van der Waals surface area contributed by atoms with E-state index in [0.29, 0.717) is 0 Å². The summed E-state index contributed by atoms with van der Waals surface area (Å²) >= 11 is 0. The molecule has 3 aromatic rings. The molecule has 1 nitrogen and oxygen atoms in total. The number of para-hydroxylation sites is 1. The molecule has 1 heteroatoms. The molecule has 1 aromatic heterocycles. The molecule has 0 saturated carbocycles. The van der Waals surface area contributed by atoms with Crippen molar-refractivity contribution in [2.75, 3.05) is 0 Å². The Bertz CT molecular complexity index is 732. The molecular weight excluding hydrogens is 242 g/mol. The van der Waals surface area contributed by atoms with Gasteiger partial charge >= 0.3 is 0 Å². The molecule has 0 spiro atoms. The van der Waals surface area contributed by atoms with Crippen molar-refractivity contribution in [3.8, 4) is 11.1 Å². The van der Waals surface area contributed by atoms with E-state index in [4.69, 9.17) is 0 Å². The largest absolute Gasteiger partial charge is 0.344 e. The monoisotopic (exact) mass is 263 g/mol. The highest BCUT2D eigenvalue weighted by Crippen LogP contribution is 2.34. The molecule has 1 heterocycles. The molecular formula is C19H21N. The number of aromatic nitrogens is 1. The quantitative estimate of drug-likeness (QED) is 0.601. The Hall–Kier alpha value is -2.02. The van der Waals surface area contributed by atoms with Gasteiger partial charge in [0, 0.05) is 28.7 Å². The molecule has 0 bridgehead atoms. The number of fused-ring (bicyclic) bond motifs is 1. The standard InChI is InChI=1S/C19H21N/c1-4-13-20-15(3)19(16-11-9-14(2)10-12-16)17-7-5-6-8-18(17)20/h5-12H,4,13H2,1-3H3. The number of benzene rings is 2. The second kappa shape index (κ2) is 5.16. The number of rotatable bonds is 3. The van der Waals surface area contributed by atoms with Gasteiger partial charge in [-0.05, 0) is 31.9 Å². The average Bonchev–Trinajstić information content (AvgIpc) is 2.74. The zero-order chi connectivity index (χ0) is 14.1. The fraction of sp³-hybridized carbons (Fsp3) is 0.263. The molecule has 0 saturated heterocycles. The molecule has 102 valence electrons. The van der Waals surface area contributed by atoms with E-state index in [-0.39, 0.29) is 0 Å². The first-order valence-corrected chi connectivity index (χ1v) is 7.37. The van der Waals surface area contributed by atoms with Gasteiger partial charge in [-0.1, -0.05) is 55.0 Å². The summed E-state index contributed by atoms with van der Waals surface area (Å²) in [6.07, 6.45) is 1.16. The van der Waals surface area contributed by atoms with E-state index in [9.17, 15) is 0 Å². The lowest BCUT2D eigenvalue weighted by Gasteiger charge is -2.07. The van der Waals surface area contributed by atoms with E-state index in [1.54, 1.807) is 0 Å². The molecule has 0 aliphatic carbocycles. The van der Waals surface area contributed by atoms with Crippen molar-refractivity contribution in [3.05, 3.63) is 59.8 Å². The second-order valence-electron chi connectivity index (χ2n) is 5.50. The predicted molar refractivity (Wildman–Crippen MR) is 87.1 cm³/mol. The van der Waals surface area contributed by atoms with Gasteiger partial charge in [0.15, 0.2) is 0 Å². The van der Waals surface area contributed by atoms with E-state index in [1.807, 2.05) is 0 Å². The van der Waals surface area contributed by atoms with Crippen LogP contribution in [0, 0.1) is 13.8 Å². The van der Waals surface area contributed by atoms with Crippen molar-refractivity contribution in [2.45, 2.75) is 33.7 Å². The summed E-state index contributed by atoms with van der Waals surface area (Å²) in [6, 6.07) is 17.6. The molecule has 0 fully saturated rings. The smallest absolute Gasteiger partial charge is 0.0488 e. The Morgan fingerprint density at radius 3 is 2.30 bits per heavy atom. The first-order valence-electron chi connectivity index (χ1n) is 7.37. The van der Waals surface area contributed by atoms with E-state index in [1.165, 1.54) is 33.3 Å². The Balaban J connectivity index is 2.29. The van der Waals surface area contributed by atoms with Crippen molar-refractivity contribution in [1.29, 1.82) is 0 Å². The molecule has 2 aromatic carbocycles. The number of hydrogen-bond acceptors (Lipinski definition) is 0. The fourth-order valence-electron chi connectivity index (χ4n) is 3.03. The minimum absolute atomic E-state index is 1.08. The lowest BCUT2D eigenvalue weighted by Crippen LogP contribution is -1.98. The summed E-state index contributed by atoms with van der Waals surface area (Å²) in [4.78, 5) is 0. The minimum Gasteiger partial charge on any atom is -0.344 e. The van der Waals surface area contributed by atoms with Crippen LogP contribution >= 0.6 is 0 Å². The van der Waals surface area contributed by atoms with Crippen LogP contribution in [0.3, 0.4) is 0 Å². The first kappa shape index (κ1) is 13.0. The van der Waals surface area contributed by atoms with Crippen LogP contribution in [0.5, 0.6) is 0 Å². The van der Waals surface area contributed by atoms with Gasteiger partial charge in [0.2, 0.25) is 0 Å². The Kier molecular flexibility index (Phi) is 3.35. The third-order valence-corrected chi connectivity index (χ3v) is 4.02. The van der Waals surface area contributed by atoms with Crippen molar-refractivity contribution in [1.82, 2.24) is 4.57 Å². The molecule has 0 atom stereocenters. The lowest BCUT2D eigenvalue weighted by molar-refractivity contribution is 0.686. The minimum atomic E-state index is 1.08. The molecule has 0 radical (unpaired) electrons. The molecule has 0 unspecified atom stereocenters. The van der Waals surface area contributed by atoms with Crippen LogP contribution in [-0.4, -0.2) is 4.57 Å². The van der Waals surface area contributed by atoms with Gasteiger partial charge in [-0.25, -0.2) is 0 Å². The van der Waals surface area contributed by atoms with Crippen LogP contribution in [0.15, 0.2) is 48.5 Å². The molecule has 3 rings (SSSR count). The number of nitrogens with zero attached hydrogens (tertiary/aromatic N) is 1. The van der Waals surface area contributed by atoms with Crippen LogP contribution in [0.2, 0.25) is 0 Å². The Morgan fingerprint density at radius 2 is 1.60 bits per heavy atom. The van der Waals surface area contributed by atoms with Gasteiger partial charge in [-0.2, -0.15) is 0 Å². The summed E-state index contributed by atoms with van der Waals surface area (Å²) in [7, 11) is 0. The SMILES string of the molecule is CCCn1c(C)c(-c2ccc(C)cc2)c2ccccc21. The molecule has 0 aliphatic heterocycles. The van der Waals surface area contributed by atoms with Gasteiger partial charge in [0.25, 0.3) is 0 Å². The third-order valence-electron chi connectivity index (χ3n) is 4.02. The fourth-order valence-corrected chi connectivity index (χ4v) is 3.03. The zero-order valence-electron chi connectivity index (χ0n) is 12.5. The van der Waals surface area contributed by atoms with Gasteiger partial charge < -0.3 is 4.57 Å². The molecule has 0 N–H and O–H groups in total. The first-order chi connectivity index (χ1) is 9.72. The maximum absolute atomic E-state index is 2.45. The molecule has 20 heavy (non-hydrogen) atoms. The topological polar surface area (TPSA) is 4.93 Å². The van der Waals surface area contributed by atoms with Crippen molar-refractivity contribution >= 4 is 10.9 Å². The second-order valence-corrected chi connectivity index (χ2v) is 5.50. The van der Waals surface area contributed by atoms with E-state index < -0.39 is 0 Å². The highest BCUT2D eigenvalue weighted by Gasteiger charge is 2.14. The Morgan fingerprint density at radius 1 is 0.900 bits per heavy atom. The predicted octanol–water partition coefficient (Wildman–Crippen LogP) is 5.34. The Labute approximate surface area is 120 Å². The summed E-state index contributed by atoms with van der Waals surface area (Å²) in [5, 5.41) is 1.36. The maximum atomic E-state index is 2.45.